The van der Waals surface area contributed by atoms with E-state index < -0.39 is 0 Å². The molecule has 0 unspecified atom stereocenters. The van der Waals surface area contributed by atoms with Crippen LogP contribution in [0.1, 0.15) is 0 Å². The Morgan fingerprint density at radius 1 is 0.320 bits per heavy atom. The third kappa shape index (κ3) is 4.35. The molecule has 0 saturated heterocycles. The largest absolute Gasteiger partial charge is 0.310 e. The van der Waals surface area contributed by atoms with Crippen molar-refractivity contribution in [3.63, 3.8) is 0 Å². The summed E-state index contributed by atoms with van der Waals surface area (Å²) in [6.45, 7) is -0.0218. The van der Waals surface area contributed by atoms with E-state index in [2.05, 4.69) is 199 Å². The summed E-state index contributed by atoms with van der Waals surface area (Å²) >= 11 is 0. The molecule has 1 nitrogen and oxygen atoms in total. The van der Waals surface area contributed by atoms with Crippen molar-refractivity contribution in [2.75, 3.05) is 0 Å². The zero-order chi connectivity index (χ0) is 33.0. The van der Waals surface area contributed by atoms with Crippen molar-refractivity contribution in [2.45, 2.75) is 0 Å². The fraction of sp³-hybridized carbons (Fsp3) is 0. The zero-order valence-corrected chi connectivity index (χ0v) is 27.5. The second kappa shape index (κ2) is 11.6. The monoisotopic (exact) mass is 633 g/mol. The number of hydrogen-bond acceptors (Lipinski definition) is 0. The fourth-order valence-electron chi connectivity index (χ4n) is 8.46. The molecule has 10 rings (SSSR count). The Labute approximate surface area is 292 Å². The number of nitrogens with zero attached hydrogens (tertiary/aromatic N) is 1. The molecule has 9 aromatic rings. The van der Waals surface area contributed by atoms with Crippen LogP contribution in [0.2, 0.25) is 0 Å². The zero-order valence-electron chi connectivity index (χ0n) is 27.5. The molecule has 0 radical (unpaired) electrons. The third-order valence-electron chi connectivity index (χ3n) is 10.5. The van der Waals surface area contributed by atoms with Crippen LogP contribution in [0.5, 0.6) is 0 Å². The first-order chi connectivity index (χ1) is 24.9. The molecule has 0 N–H and O–H groups in total. The van der Waals surface area contributed by atoms with Crippen molar-refractivity contribution in [1.82, 2.24) is 4.57 Å². The molecule has 2 heteroatoms. The van der Waals surface area contributed by atoms with Gasteiger partial charge in [0.25, 0.3) is 0 Å². The van der Waals surface area contributed by atoms with E-state index in [1.807, 2.05) is 0 Å². The van der Waals surface area contributed by atoms with E-state index in [1.165, 1.54) is 87.7 Å². The van der Waals surface area contributed by atoms with Crippen molar-refractivity contribution in [3.05, 3.63) is 194 Å². The minimum absolute atomic E-state index is 0.0218. The molecular formula is C48H32BN. The van der Waals surface area contributed by atoms with Crippen LogP contribution < -0.4 is 16.4 Å². The quantitative estimate of drug-likeness (QED) is 0.171. The molecule has 8 aromatic carbocycles. The third-order valence-corrected chi connectivity index (χ3v) is 10.5. The van der Waals surface area contributed by atoms with E-state index >= 15 is 0 Å². The smallest absolute Gasteiger partial charge is 0.248 e. The molecule has 50 heavy (non-hydrogen) atoms. The summed E-state index contributed by atoms with van der Waals surface area (Å²) in [7, 11) is 0. The molecular weight excluding hydrogens is 601 g/mol. The van der Waals surface area contributed by atoms with Crippen molar-refractivity contribution in [3.8, 4) is 27.9 Å². The van der Waals surface area contributed by atoms with E-state index in [9.17, 15) is 0 Å². The molecule has 232 valence electrons. The van der Waals surface area contributed by atoms with Crippen LogP contribution in [0.3, 0.4) is 0 Å². The first-order valence-corrected chi connectivity index (χ1v) is 17.4. The average molecular weight is 634 g/mol. The van der Waals surface area contributed by atoms with Crippen LogP contribution in [0.25, 0.3) is 71.3 Å². The van der Waals surface area contributed by atoms with Gasteiger partial charge in [0.2, 0.25) is 6.71 Å². The summed E-state index contributed by atoms with van der Waals surface area (Å²) in [6.07, 6.45) is 0. The van der Waals surface area contributed by atoms with Crippen molar-refractivity contribution in [2.24, 2.45) is 0 Å². The maximum atomic E-state index is 2.55. The lowest BCUT2D eigenvalue weighted by atomic mass is 9.33. The number of aromatic nitrogens is 1. The van der Waals surface area contributed by atoms with Gasteiger partial charge in [0.05, 0.1) is 5.52 Å². The fourth-order valence-corrected chi connectivity index (χ4v) is 8.46. The average Bonchev–Trinajstić information content (AvgIpc) is 3.24. The summed E-state index contributed by atoms with van der Waals surface area (Å²) in [5, 5.41) is 7.44. The Morgan fingerprint density at radius 3 is 1.40 bits per heavy atom. The van der Waals surface area contributed by atoms with Crippen molar-refractivity contribution < 1.29 is 0 Å². The molecule has 1 aliphatic rings. The van der Waals surface area contributed by atoms with Crippen LogP contribution in [0.4, 0.5) is 0 Å². The van der Waals surface area contributed by atoms with Gasteiger partial charge in [-0.15, -0.1) is 0 Å². The van der Waals surface area contributed by atoms with Gasteiger partial charge >= 0.3 is 0 Å². The molecule has 0 fully saturated rings. The summed E-state index contributed by atoms with van der Waals surface area (Å²) in [5.74, 6) is 0. The maximum Gasteiger partial charge on any atom is 0.248 e. The summed E-state index contributed by atoms with van der Waals surface area (Å²) in [6, 6.07) is 71.5. The Kier molecular flexibility index (Phi) is 6.67. The first kappa shape index (κ1) is 28.6. The highest BCUT2D eigenvalue weighted by molar-refractivity contribution is 6.99. The molecule has 0 atom stereocenters. The van der Waals surface area contributed by atoms with Gasteiger partial charge < -0.3 is 4.57 Å². The van der Waals surface area contributed by atoms with Crippen LogP contribution >= 0.6 is 0 Å². The molecule has 0 aliphatic carbocycles. The van der Waals surface area contributed by atoms with Crippen LogP contribution in [0, 0.1) is 0 Å². The van der Waals surface area contributed by atoms with Gasteiger partial charge in [-0.25, -0.2) is 0 Å². The number of para-hydroxylation sites is 3. The van der Waals surface area contributed by atoms with E-state index in [0.29, 0.717) is 0 Å². The predicted octanol–water partition coefficient (Wildman–Crippen LogP) is 10.4. The minimum atomic E-state index is -0.0218. The summed E-state index contributed by atoms with van der Waals surface area (Å²) in [4.78, 5) is 0. The Balaban J connectivity index is 1.47. The number of benzene rings is 8. The van der Waals surface area contributed by atoms with Gasteiger partial charge in [-0.1, -0.05) is 187 Å². The highest BCUT2D eigenvalue weighted by Gasteiger charge is 2.35. The highest BCUT2D eigenvalue weighted by atomic mass is 15.0. The standard InChI is InChI=1S/C48H32BN/c1-3-17-33(18-4-1)35-26-15-27-36(34-19-5-2-6-20-34)47(35)49-43-29-12-14-32-46(43)50-45-31-13-11-25-41(45)39-23-9-7-21-37(39)38-22-8-10-24-40(38)42-28-16-30-44(49)48(42)50/h1-32H. The van der Waals surface area contributed by atoms with E-state index in [4.69, 9.17) is 0 Å². The summed E-state index contributed by atoms with van der Waals surface area (Å²) < 4.78 is 2.55. The van der Waals surface area contributed by atoms with E-state index in [0.717, 1.165) is 0 Å². The van der Waals surface area contributed by atoms with Gasteiger partial charge in [0, 0.05) is 22.0 Å². The van der Waals surface area contributed by atoms with Gasteiger partial charge in [-0.3, -0.25) is 0 Å². The van der Waals surface area contributed by atoms with Gasteiger partial charge in [0.1, 0.15) is 0 Å². The number of rotatable bonds is 3. The van der Waals surface area contributed by atoms with E-state index in [1.54, 1.807) is 0 Å². The molecule has 0 spiro atoms. The second-order valence-electron chi connectivity index (χ2n) is 13.2. The van der Waals surface area contributed by atoms with Crippen molar-refractivity contribution >= 4 is 66.5 Å². The minimum Gasteiger partial charge on any atom is -0.310 e. The molecule has 2 heterocycles. The summed E-state index contributed by atoms with van der Waals surface area (Å²) in [5.41, 5.74) is 12.5. The Bertz CT molecular complexity index is 2760. The molecule has 1 aromatic heterocycles. The normalized spacial score (nSPS) is 12.0. The first-order valence-electron chi connectivity index (χ1n) is 17.4. The highest BCUT2D eigenvalue weighted by Crippen LogP contribution is 2.35. The maximum absolute atomic E-state index is 2.55. The number of fused-ring (bicyclic) bond motifs is 9. The van der Waals surface area contributed by atoms with Crippen LogP contribution in [-0.4, -0.2) is 11.3 Å². The Morgan fingerprint density at radius 2 is 0.760 bits per heavy atom. The number of hydrogen-bond donors (Lipinski definition) is 0. The van der Waals surface area contributed by atoms with Gasteiger partial charge in [0.15, 0.2) is 0 Å². The lowest BCUT2D eigenvalue weighted by Crippen LogP contribution is -2.57. The second-order valence-corrected chi connectivity index (χ2v) is 13.2. The van der Waals surface area contributed by atoms with Gasteiger partial charge in [-0.05, 0) is 66.9 Å². The molecule has 0 bridgehead atoms. The van der Waals surface area contributed by atoms with Crippen molar-refractivity contribution in [1.29, 1.82) is 0 Å². The Hall–Kier alpha value is -6.38. The SMILES string of the molecule is c1ccc(-c2cccc(-c3ccccc3)c2B2c3ccccc3-n3c4ccccc4c4ccccc4c4ccccc4c4cccc2c43)cc1. The van der Waals surface area contributed by atoms with Crippen LogP contribution in [-0.2, 0) is 0 Å². The van der Waals surface area contributed by atoms with Crippen LogP contribution in [0.15, 0.2) is 194 Å². The van der Waals surface area contributed by atoms with Gasteiger partial charge in [-0.2, -0.15) is 0 Å². The molecule has 0 saturated carbocycles. The lowest BCUT2D eigenvalue weighted by molar-refractivity contribution is 1.18. The predicted molar refractivity (Wildman–Crippen MR) is 215 cm³/mol. The lowest BCUT2D eigenvalue weighted by Gasteiger charge is -2.31. The van der Waals surface area contributed by atoms with E-state index in [-0.39, 0.29) is 6.71 Å². The molecule has 1 aliphatic heterocycles. The topological polar surface area (TPSA) is 4.93 Å². The molecule has 0 amide bonds.